The maximum Gasteiger partial charge on any atom is 0.257 e. The zero-order valence-corrected chi connectivity index (χ0v) is 15.9. The molecule has 1 aliphatic heterocycles. The number of amides is 1. The molecule has 1 saturated heterocycles. The number of alkyl halides is 2. The average Bonchev–Trinajstić information content (AvgIpc) is 3.21. The average molecular weight is 401 g/mol. The molecular weight excluding hydrogens is 380 g/mol. The fourth-order valence-electron chi connectivity index (χ4n) is 3.56. The van der Waals surface area contributed by atoms with Crippen LogP contribution in [-0.4, -0.2) is 51.3 Å². The minimum atomic E-state index is -2.72. The van der Waals surface area contributed by atoms with Crippen LogP contribution in [0.25, 0.3) is 22.2 Å². The largest absolute Gasteiger partial charge is 0.442 e. The molecule has 4 heterocycles. The van der Waals surface area contributed by atoms with Gasteiger partial charge in [-0.25, -0.2) is 18.7 Å². The number of hydrogen-bond acceptors (Lipinski definition) is 6. The fraction of sp³-hybridized carbons (Fsp3) is 0.400. The monoisotopic (exact) mass is 401 g/mol. The normalized spacial score (nSPS) is 16.2. The highest BCUT2D eigenvalue weighted by Crippen LogP contribution is 2.25. The Balaban J connectivity index is 1.42. The van der Waals surface area contributed by atoms with Gasteiger partial charge in [-0.3, -0.25) is 14.7 Å². The first-order valence-electron chi connectivity index (χ1n) is 9.43. The third-order valence-corrected chi connectivity index (χ3v) is 5.00. The Morgan fingerprint density at radius 3 is 2.66 bits per heavy atom. The second-order valence-corrected chi connectivity index (χ2v) is 7.46. The van der Waals surface area contributed by atoms with Crippen LogP contribution in [0.4, 0.5) is 14.6 Å². The molecule has 0 atom stereocenters. The van der Waals surface area contributed by atoms with Gasteiger partial charge in [0.05, 0.1) is 12.7 Å². The Kier molecular flexibility index (Phi) is 5.23. The van der Waals surface area contributed by atoms with E-state index in [1.807, 2.05) is 6.07 Å². The number of carbonyl (C=O) groups is 1. The third kappa shape index (κ3) is 4.73. The van der Waals surface area contributed by atoms with E-state index in [4.69, 9.17) is 4.42 Å². The first kappa shape index (κ1) is 19.4. The number of fused-ring (bicyclic) bond motifs is 1. The molecule has 0 aliphatic carbocycles. The number of aromatic nitrogens is 3. The molecule has 1 fully saturated rings. The summed E-state index contributed by atoms with van der Waals surface area (Å²) in [6.45, 7) is 1.62. The van der Waals surface area contributed by atoms with Crippen LogP contribution in [0.3, 0.4) is 0 Å². The Hall–Kier alpha value is -2.94. The molecule has 0 radical (unpaired) electrons. The number of piperidine rings is 1. The van der Waals surface area contributed by atoms with Gasteiger partial charge in [0, 0.05) is 30.6 Å². The Morgan fingerprint density at radius 2 is 1.97 bits per heavy atom. The first-order valence-corrected chi connectivity index (χ1v) is 9.43. The van der Waals surface area contributed by atoms with E-state index in [1.165, 1.54) is 6.39 Å². The number of anilines is 1. The van der Waals surface area contributed by atoms with Gasteiger partial charge in [-0.15, -0.1) is 0 Å². The molecule has 3 aromatic rings. The van der Waals surface area contributed by atoms with Crippen LogP contribution in [0.2, 0.25) is 0 Å². The Morgan fingerprint density at radius 1 is 1.21 bits per heavy atom. The van der Waals surface area contributed by atoms with E-state index in [0.717, 1.165) is 17.7 Å². The third-order valence-electron chi connectivity index (χ3n) is 5.00. The van der Waals surface area contributed by atoms with E-state index in [-0.39, 0.29) is 18.4 Å². The molecule has 0 unspecified atom stereocenters. The van der Waals surface area contributed by atoms with Gasteiger partial charge < -0.3 is 9.73 Å². The van der Waals surface area contributed by atoms with E-state index in [1.54, 1.807) is 29.6 Å². The Bertz CT molecular complexity index is 996. The molecule has 7 nitrogen and oxygen atoms in total. The molecule has 9 heteroatoms. The van der Waals surface area contributed by atoms with Gasteiger partial charge in [0.2, 0.25) is 5.91 Å². The quantitative estimate of drug-likeness (QED) is 0.703. The van der Waals surface area contributed by atoms with Crippen molar-refractivity contribution in [3.8, 4) is 11.5 Å². The lowest BCUT2D eigenvalue weighted by Gasteiger charge is -2.32. The van der Waals surface area contributed by atoms with E-state index in [2.05, 4.69) is 20.3 Å². The maximum atomic E-state index is 13.2. The van der Waals surface area contributed by atoms with Crippen molar-refractivity contribution in [2.45, 2.75) is 25.7 Å². The summed E-state index contributed by atoms with van der Waals surface area (Å²) in [5.74, 6) is -2.07. The molecule has 3 aromatic heterocycles. The van der Waals surface area contributed by atoms with Crippen molar-refractivity contribution >= 4 is 22.5 Å². The lowest BCUT2D eigenvalue weighted by atomic mass is 9.95. The van der Waals surface area contributed by atoms with Crippen molar-refractivity contribution in [1.29, 1.82) is 0 Å². The summed E-state index contributed by atoms with van der Waals surface area (Å²) >= 11 is 0. The molecule has 0 bridgehead atoms. The maximum absolute atomic E-state index is 13.2. The lowest BCUT2D eigenvalue weighted by Crippen LogP contribution is -2.42. The van der Waals surface area contributed by atoms with E-state index < -0.39 is 5.92 Å². The van der Waals surface area contributed by atoms with Crippen LogP contribution in [0, 0.1) is 5.92 Å². The molecule has 152 valence electrons. The SMILES string of the molecule is CC(F)(F)CN1CCC(C(=O)Nc2cc3cc(-c4cnco4)ncc3cn2)CC1. The van der Waals surface area contributed by atoms with Crippen molar-refractivity contribution in [3.05, 3.63) is 37.1 Å². The summed E-state index contributed by atoms with van der Waals surface area (Å²) < 4.78 is 31.6. The van der Waals surface area contributed by atoms with Crippen molar-refractivity contribution in [2.75, 3.05) is 25.0 Å². The summed E-state index contributed by atoms with van der Waals surface area (Å²) in [5, 5.41) is 4.54. The molecule has 1 amide bonds. The predicted octanol–water partition coefficient (Wildman–Crippen LogP) is 3.59. The molecule has 0 spiro atoms. The summed E-state index contributed by atoms with van der Waals surface area (Å²) in [6.07, 6.45) is 7.36. The summed E-state index contributed by atoms with van der Waals surface area (Å²) in [6, 6.07) is 3.62. The minimum absolute atomic E-state index is 0.135. The number of nitrogens with zero attached hydrogens (tertiary/aromatic N) is 4. The van der Waals surface area contributed by atoms with Crippen LogP contribution in [0.5, 0.6) is 0 Å². The van der Waals surface area contributed by atoms with E-state index >= 15 is 0 Å². The van der Waals surface area contributed by atoms with Crippen LogP contribution in [-0.2, 0) is 4.79 Å². The highest BCUT2D eigenvalue weighted by atomic mass is 19.3. The number of pyridine rings is 2. The minimum Gasteiger partial charge on any atom is -0.442 e. The van der Waals surface area contributed by atoms with Gasteiger partial charge in [-0.1, -0.05) is 0 Å². The molecule has 1 N–H and O–H groups in total. The second kappa shape index (κ2) is 7.82. The molecule has 1 aliphatic rings. The standard InChI is InChI=1S/C20H21F2N5O2/c1-20(21,22)11-27-4-2-13(3-5-27)19(28)26-18-7-14-6-16(17-10-23-12-29-17)24-8-15(14)9-25-18/h6-10,12-13H,2-5,11H2,1H3,(H,25,26,28). The summed E-state index contributed by atoms with van der Waals surface area (Å²) in [4.78, 5) is 26.8. The van der Waals surface area contributed by atoms with E-state index in [9.17, 15) is 13.6 Å². The van der Waals surface area contributed by atoms with Crippen molar-refractivity contribution in [3.63, 3.8) is 0 Å². The number of likely N-dealkylation sites (tertiary alicyclic amines) is 1. The zero-order valence-electron chi connectivity index (χ0n) is 15.9. The van der Waals surface area contributed by atoms with Gasteiger partial charge in [-0.05, 0) is 43.5 Å². The number of rotatable bonds is 5. The number of carbonyl (C=O) groups excluding carboxylic acids is 1. The van der Waals surface area contributed by atoms with Gasteiger partial charge in [0.1, 0.15) is 11.5 Å². The van der Waals surface area contributed by atoms with Crippen molar-refractivity contribution in [2.24, 2.45) is 5.92 Å². The fourth-order valence-corrected chi connectivity index (χ4v) is 3.56. The Labute approximate surface area is 166 Å². The van der Waals surface area contributed by atoms with Crippen LogP contribution >= 0.6 is 0 Å². The van der Waals surface area contributed by atoms with E-state index in [0.29, 0.717) is 43.2 Å². The molecule has 4 rings (SSSR count). The van der Waals surface area contributed by atoms with Gasteiger partial charge >= 0.3 is 0 Å². The molecule has 29 heavy (non-hydrogen) atoms. The summed E-state index contributed by atoms with van der Waals surface area (Å²) in [5.41, 5.74) is 0.638. The van der Waals surface area contributed by atoms with Gasteiger partial charge in [-0.2, -0.15) is 0 Å². The second-order valence-electron chi connectivity index (χ2n) is 7.46. The molecule has 0 aromatic carbocycles. The van der Waals surface area contributed by atoms with Gasteiger partial charge in [0.25, 0.3) is 5.92 Å². The first-order chi connectivity index (χ1) is 13.9. The van der Waals surface area contributed by atoms with Crippen LogP contribution in [0.15, 0.2) is 41.5 Å². The van der Waals surface area contributed by atoms with Gasteiger partial charge in [0.15, 0.2) is 12.2 Å². The van der Waals surface area contributed by atoms with Crippen LogP contribution < -0.4 is 5.32 Å². The number of halogens is 2. The highest BCUT2D eigenvalue weighted by Gasteiger charge is 2.30. The van der Waals surface area contributed by atoms with Crippen molar-refractivity contribution < 1.29 is 18.0 Å². The zero-order chi connectivity index (χ0) is 20.4. The number of nitrogens with one attached hydrogen (secondary N) is 1. The number of hydrogen-bond donors (Lipinski definition) is 1. The predicted molar refractivity (Wildman–Crippen MR) is 103 cm³/mol. The van der Waals surface area contributed by atoms with Crippen LogP contribution in [0.1, 0.15) is 19.8 Å². The topological polar surface area (TPSA) is 84.2 Å². The smallest absolute Gasteiger partial charge is 0.257 e. The summed E-state index contributed by atoms with van der Waals surface area (Å²) in [7, 11) is 0. The molecule has 0 saturated carbocycles. The lowest BCUT2D eigenvalue weighted by molar-refractivity contribution is -0.121. The molecular formula is C20H21F2N5O2. The number of oxazole rings is 1. The van der Waals surface area contributed by atoms with Crippen molar-refractivity contribution in [1.82, 2.24) is 19.9 Å². The highest BCUT2D eigenvalue weighted by molar-refractivity contribution is 5.94.